The first-order chi connectivity index (χ1) is 19.8. The summed E-state index contributed by atoms with van der Waals surface area (Å²) in [5, 5.41) is 14.2. The maximum Gasteiger partial charge on any atom is 0.494 e. The van der Waals surface area contributed by atoms with Crippen LogP contribution in [0.1, 0.15) is 79.4 Å². The summed E-state index contributed by atoms with van der Waals surface area (Å²) in [4.78, 5) is 27.3. The fourth-order valence-corrected chi connectivity index (χ4v) is 5.37. The second-order valence-electron chi connectivity index (χ2n) is 13.7. The summed E-state index contributed by atoms with van der Waals surface area (Å²) in [5.74, 6) is -1.96. The minimum absolute atomic E-state index is 0.0536. The van der Waals surface area contributed by atoms with Gasteiger partial charge in [0.2, 0.25) is 5.91 Å². The van der Waals surface area contributed by atoms with Crippen molar-refractivity contribution >= 4 is 24.6 Å². The molecule has 2 aliphatic rings. The summed E-state index contributed by atoms with van der Waals surface area (Å²) < 4.78 is 46.1. The van der Waals surface area contributed by atoms with E-state index in [1.165, 1.54) is 11.8 Å². The Morgan fingerprint density at radius 2 is 1.63 bits per heavy atom. The number of benzene rings is 2. The van der Waals surface area contributed by atoms with Gasteiger partial charge in [0.25, 0.3) is 0 Å². The molecule has 11 heteroatoms. The predicted molar refractivity (Wildman–Crippen MR) is 160 cm³/mol. The van der Waals surface area contributed by atoms with E-state index in [1.807, 2.05) is 52.0 Å². The van der Waals surface area contributed by atoms with Crippen LogP contribution < -0.4 is 10.8 Å². The van der Waals surface area contributed by atoms with Crippen molar-refractivity contribution in [3.8, 4) is 0 Å². The number of hydrogen-bond acceptors (Lipinski definition) is 6. The molecular formula is C32H43BF2N2O6. The van der Waals surface area contributed by atoms with Crippen LogP contribution in [0.3, 0.4) is 0 Å². The lowest BCUT2D eigenvalue weighted by Crippen LogP contribution is -2.53. The zero-order valence-corrected chi connectivity index (χ0v) is 26.3. The normalized spacial score (nSPS) is 19.8. The Bertz CT molecular complexity index is 1320. The van der Waals surface area contributed by atoms with Gasteiger partial charge in [0.1, 0.15) is 17.2 Å². The molecule has 1 saturated heterocycles. The van der Waals surface area contributed by atoms with Gasteiger partial charge in [0.05, 0.1) is 35.4 Å². The first-order valence-electron chi connectivity index (χ1n) is 14.7. The van der Waals surface area contributed by atoms with Crippen LogP contribution in [0.2, 0.25) is 0 Å². The summed E-state index contributed by atoms with van der Waals surface area (Å²) in [6.07, 6.45) is -0.727. The lowest BCUT2D eigenvalue weighted by molar-refractivity contribution is -0.120. The summed E-state index contributed by atoms with van der Waals surface area (Å²) in [7, 11) is -0.600. The van der Waals surface area contributed by atoms with Crippen molar-refractivity contribution in [3.63, 3.8) is 0 Å². The van der Waals surface area contributed by atoms with Gasteiger partial charge in [-0.2, -0.15) is 0 Å². The SMILES string of the molecule is CC(=O)N[C@@H](Cc1cc(F)cc(F)c1)C(O)CN(C(=O)OC(C)(C)C)C1(c2cccc(B3OC(C)(C)C(C)(C)O3)c2)CC1. The Morgan fingerprint density at radius 1 is 1.05 bits per heavy atom. The number of rotatable bonds is 9. The number of carbonyl (C=O) groups excluding carboxylic acids is 2. The number of nitrogens with zero attached hydrogens (tertiary/aromatic N) is 1. The van der Waals surface area contributed by atoms with Crippen molar-refractivity contribution in [1.82, 2.24) is 10.2 Å². The molecule has 2 atom stereocenters. The van der Waals surface area contributed by atoms with Gasteiger partial charge in [-0.1, -0.05) is 24.3 Å². The summed E-state index contributed by atoms with van der Waals surface area (Å²) in [6.45, 7) is 14.3. The predicted octanol–water partition coefficient (Wildman–Crippen LogP) is 4.60. The number of aliphatic hydroxyl groups excluding tert-OH is 1. The van der Waals surface area contributed by atoms with Crippen LogP contribution >= 0.6 is 0 Å². The van der Waals surface area contributed by atoms with Crippen LogP contribution in [-0.2, 0) is 30.8 Å². The van der Waals surface area contributed by atoms with Crippen LogP contribution in [0.5, 0.6) is 0 Å². The first kappa shape index (κ1) is 32.9. The van der Waals surface area contributed by atoms with Gasteiger partial charge in [-0.05, 0) is 96.5 Å². The molecule has 234 valence electrons. The Kier molecular flexibility index (Phi) is 9.04. The molecule has 1 saturated carbocycles. The zero-order chi connectivity index (χ0) is 32.0. The topological polar surface area (TPSA) is 97.3 Å². The van der Waals surface area contributed by atoms with E-state index in [-0.39, 0.29) is 18.5 Å². The molecule has 2 N–H and O–H groups in total. The number of halogens is 2. The van der Waals surface area contributed by atoms with E-state index in [9.17, 15) is 23.5 Å². The van der Waals surface area contributed by atoms with Gasteiger partial charge >= 0.3 is 13.2 Å². The van der Waals surface area contributed by atoms with Gasteiger partial charge in [0.15, 0.2) is 0 Å². The van der Waals surface area contributed by atoms with Crippen LogP contribution in [0.25, 0.3) is 0 Å². The van der Waals surface area contributed by atoms with Gasteiger partial charge in [0, 0.05) is 13.0 Å². The number of carbonyl (C=O) groups is 2. The highest BCUT2D eigenvalue weighted by atomic mass is 19.1. The molecular weight excluding hydrogens is 557 g/mol. The molecule has 2 amide bonds. The quantitative estimate of drug-likeness (QED) is 0.409. The molecule has 1 aliphatic heterocycles. The minimum Gasteiger partial charge on any atom is -0.444 e. The Balaban J connectivity index is 1.65. The van der Waals surface area contributed by atoms with Crippen molar-refractivity contribution in [1.29, 1.82) is 0 Å². The highest BCUT2D eigenvalue weighted by Crippen LogP contribution is 2.51. The number of amides is 2. The van der Waals surface area contributed by atoms with E-state index in [2.05, 4.69) is 5.32 Å². The third-order valence-electron chi connectivity index (χ3n) is 8.40. The van der Waals surface area contributed by atoms with Gasteiger partial charge in [-0.3, -0.25) is 9.69 Å². The molecule has 1 aliphatic carbocycles. The Labute approximate surface area is 253 Å². The fraction of sp³-hybridized carbons (Fsp3) is 0.562. The van der Waals surface area contributed by atoms with Crippen LogP contribution in [-0.4, -0.2) is 64.6 Å². The van der Waals surface area contributed by atoms with E-state index >= 15 is 0 Å². The van der Waals surface area contributed by atoms with Crippen molar-refractivity contribution in [2.75, 3.05) is 6.54 Å². The van der Waals surface area contributed by atoms with Crippen molar-refractivity contribution < 1.29 is 37.5 Å². The average Bonchev–Trinajstić information content (AvgIpc) is 3.62. The maximum absolute atomic E-state index is 13.9. The summed E-state index contributed by atoms with van der Waals surface area (Å²) in [5.41, 5.74) is -0.749. The third kappa shape index (κ3) is 7.56. The minimum atomic E-state index is -1.29. The molecule has 0 spiro atoms. The number of nitrogens with one attached hydrogen (secondary N) is 1. The highest BCUT2D eigenvalue weighted by molar-refractivity contribution is 6.62. The fourth-order valence-electron chi connectivity index (χ4n) is 5.37. The number of ether oxygens (including phenoxy) is 1. The second-order valence-corrected chi connectivity index (χ2v) is 13.7. The summed E-state index contributed by atoms with van der Waals surface area (Å²) >= 11 is 0. The Morgan fingerprint density at radius 3 is 2.14 bits per heavy atom. The zero-order valence-electron chi connectivity index (χ0n) is 26.3. The van der Waals surface area contributed by atoms with E-state index in [0.717, 1.165) is 29.2 Å². The van der Waals surface area contributed by atoms with E-state index in [0.29, 0.717) is 12.8 Å². The molecule has 2 aromatic carbocycles. The monoisotopic (exact) mass is 600 g/mol. The molecule has 1 unspecified atom stereocenters. The second kappa shape index (κ2) is 11.8. The molecule has 0 radical (unpaired) electrons. The van der Waals surface area contributed by atoms with E-state index < -0.39 is 65.2 Å². The Hall–Kier alpha value is -3.02. The molecule has 43 heavy (non-hydrogen) atoms. The van der Waals surface area contributed by atoms with Crippen LogP contribution in [0, 0.1) is 11.6 Å². The molecule has 8 nitrogen and oxygen atoms in total. The van der Waals surface area contributed by atoms with Gasteiger partial charge < -0.3 is 24.5 Å². The smallest absolute Gasteiger partial charge is 0.444 e. The molecule has 0 bridgehead atoms. The lowest BCUT2D eigenvalue weighted by Gasteiger charge is -2.37. The highest BCUT2D eigenvalue weighted by Gasteiger charge is 2.55. The van der Waals surface area contributed by atoms with Crippen molar-refractivity contribution in [2.24, 2.45) is 0 Å². The molecule has 2 aromatic rings. The van der Waals surface area contributed by atoms with Gasteiger partial charge in [-0.25, -0.2) is 13.6 Å². The van der Waals surface area contributed by atoms with Crippen molar-refractivity contribution in [2.45, 2.75) is 109 Å². The summed E-state index contributed by atoms with van der Waals surface area (Å²) in [6, 6.07) is 9.81. The third-order valence-corrected chi connectivity index (χ3v) is 8.40. The molecule has 1 heterocycles. The number of aliphatic hydroxyl groups is 1. The van der Waals surface area contributed by atoms with Crippen molar-refractivity contribution in [3.05, 3.63) is 65.2 Å². The average molecular weight is 601 g/mol. The standard InChI is InChI=1S/C32H43BF2N2O6/c1-20(38)36-26(16-21-14-24(34)18-25(35)15-21)27(39)19-37(28(40)41-29(2,3)4)32(12-13-32)22-10-9-11-23(17-22)33-42-30(5,6)31(7,8)43-33/h9-11,14-15,17-18,26-27,39H,12-13,16,19H2,1-8H3,(H,36,38)/t26-,27?/m0/s1. The number of hydrogen-bond donors (Lipinski definition) is 2. The van der Waals surface area contributed by atoms with E-state index in [1.54, 1.807) is 20.8 Å². The molecule has 2 fully saturated rings. The largest absolute Gasteiger partial charge is 0.494 e. The lowest BCUT2D eigenvalue weighted by atomic mass is 9.77. The van der Waals surface area contributed by atoms with E-state index in [4.69, 9.17) is 14.0 Å². The molecule has 0 aromatic heterocycles. The van der Waals surface area contributed by atoms with Crippen LogP contribution in [0.15, 0.2) is 42.5 Å². The first-order valence-corrected chi connectivity index (χ1v) is 14.7. The maximum atomic E-state index is 13.9. The van der Waals surface area contributed by atoms with Crippen LogP contribution in [0.4, 0.5) is 13.6 Å². The van der Waals surface area contributed by atoms with Gasteiger partial charge in [-0.15, -0.1) is 0 Å². The molecule has 4 rings (SSSR count).